The lowest BCUT2D eigenvalue weighted by Gasteiger charge is -2.21. The Morgan fingerprint density at radius 3 is 2.44 bits per heavy atom. The number of unbranched alkanes of at least 4 members (excludes halogenated alkanes) is 1. The topological polar surface area (TPSA) is 26.3 Å². The van der Waals surface area contributed by atoms with Crippen molar-refractivity contribution in [3.05, 3.63) is 12.2 Å². The van der Waals surface area contributed by atoms with Crippen LogP contribution in [-0.2, 0) is 9.22 Å². The van der Waals surface area contributed by atoms with E-state index in [2.05, 4.69) is 45.6 Å². The quantitative estimate of drug-likeness (QED) is 0.252. The minimum absolute atomic E-state index is 0.226. The summed E-state index contributed by atoms with van der Waals surface area (Å²) < 4.78 is 5.96. The third kappa shape index (κ3) is 10.7. The van der Waals surface area contributed by atoms with E-state index < -0.39 is 8.32 Å². The smallest absolute Gasteiger partial charge is 0.184 e. The van der Waals surface area contributed by atoms with Gasteiger partial charge in [-0.2, -0.15) is 0 Å². The molecule has 106 valence electrons. The monoisotopic (exact) mass is 270 g/mol. The van der Waals surface area contributed by atoms with Crippen LogP contribution in [-0.4, -0.2) is 20.7 Å². The molecule has 0 bridgehead atoms. The Hall–Kier alpha value is -0.413. The van der Waals surface area contributed by atoms with Gasteiger partial charge in [0.2, 0.25) is 0 Å². The molecule has 0 saturated heterocycles. The second-order valence-corrected chi connectivity index (χ2v) is 10.4. The molecule has 0 N–H and O–H groups in total. The number of allylic oxidation sites excluding steroid dienone is 1. The molecule has 0 fully saturated rings. The van der Waals surface area contributed by atoms with Gasteiger partial charge in [0.05, 0.1) is 6.10 Å². The summed E-state index contributed by atoms with van der Waals surface area (Å²) in [4.78, 5) is 10.3. The van der Waals surface area contributed by atoms with Crippen molar-refractivity contribution >= 4 is 14.6 Å². The molecule has 0 rings (SSSR count). The van der Waals surface area contributed by atoms with Crippen molar-refractivity contribution in [3.8, 4) is 0 Å². The van der Waals surface area contributed by atoms with Crippen molar-refractivity contribution in [2.24, 2.45) is 5.92 Å². The zero-order valence-electron chi connectivity index (χ0n) is 12.7. The molecular weight excluding hydrogens is 240 g/mol. The predicted octanol–water partition coefficient (Wildman–Crippen LogP) is 4.57. The SMILES string of the molecule is CCC(CC=CC(C)O[Si](C)(C)C)CCCC=O. The second-order valence-electron chi connectivity index (χ2n) is 5.97. The lowest BCUT2D eigenvalue weighted by atomic mass is 9.95. The van der Waals surface area contributed by atoms with Gasteiger partial charge in [0.25, 0.3) is 0 Å². The van der Waals surface area contributed by atoms with E-state index in [1.54, 1.807) is 0 Å². The van der Waals surface area contributed by atoms with Gasteiger partial charge in [0, 0.05) is 6.42 Å². The summed E-state index contributed by atoms with van der Waals surface area (Å²) in [5.41, 5.74) is 0. The van der Waals surface area contributed by atoms with Gasteiger partial charge in [0.15, 0.2) is 8.32 Å². The van der Waals surface area contributed by atoms with E-state index in [1.807, 2.05) is 0 Å². The van der Waals surface area contributed by atoms with Gasteiger partial charge in [-0.1, -0.05) is 25.5 Å². The lowest BCUT2D eigenvalue weighted by Crippen LogP contribution is -2.29. The molecule has 0 aromatic carbocycles. The van der Waals surface area contributed by atoms with Crippen molar-refractivity contribution in [3.63, 3.8) is 0 Å². The summed E-state index contributed by atoms with van der Waals surface area (Å²) in [5, 5.41) is 0. The lowest BCUT2D eigenvalue weighted by molar-refractivity contribution is -0.108. The van der Waals surface area contributed by atoms with E-state index in [1.165, 1.54) is 6.42 Å². The van der Waals surface area contributed by atoms with Crippen molar-refractivity contribution in [1.29, 1.82) is 0 Å². The van der Waals surface area contributed by atoms with Crippen molar-refractivity contribution in [2.45, 2.75) is 71.7 Å². The number of carbonyl (C=O) groups is 1. The van der Waals surface area contributed by atoms with Crippen LogP contribution in [0.4, 0.5) is 0 Å². The van der Waals surface area contributed by atoms with Gasteiger partial charge < -0.3 is 9.22 Å². The normalized spacial score (nSPS) is 15.8. The summed E-state index contributed by atoms with van der Waals surface area (Å²) in [6.45, 7) is 11.0. The number of carbonyl (C=O) groups excluding carboxylic acids is 1. The fourth-order valence-corrected chi connectivity index (χ4v) is 3.23. The molecule has 0 amide bonds. The fraction of sp³-hybridized carbons (Fsp3) is 0.800. The first kappa shape index (κ1) is 17.6. The first-order valence-electron chi connectivity index (χ1n) is 7.17. The molecule has 0 aromatic heterocycles. The third-order valence-electron chi connectivity index (χ3n) is 2.93. The summed E-state index contributed by atoms with van der Waals surface area (Å²) in [6, 6.07) is 0. The highest BCUT2D eigenvalue weighted by atomic mass is 28.4. The second kappa shape index (κ2) is 9.51. The molecule has 0 aliphatic rings. The molecule has 0 spiro atoms. The van der Waals surface area contributed by atoms with E-state index in [0.717, 1.165) is 25.5 Å². The third-order valence-corrected chi connectivity index (χ3v) is 4.01. The molecule has 2 unspecified atom stereocenters. The molecule has 0 aliphatic heterocycles. The van der Waals surface area contributed by atoms with Crippen LogP contribution in [0.3, 0.4) is 0 Å². The average molecular weight is 270 g/mol. The van der Waals surface area contributed by atoms with Crippen LogP contribution in [0.25, 0.3) is 0 Å². The van der Waals surface area contributed by atoms with Crippen molar-refractivity contribution in [1.82, 2.24) is 0 Å². The molecule has 0 heterocycles. The predicted molar refractivity (Wildman–Crippen MR) is 81.3 cm³/mol. The number of hydrogen-bond acceptors (Lipinski definition) is 2. The highest BCUT2D eigenvalue weighted by molar-refractivity contribution is 6.69. The van der Waals surface area contributed by atoms with Gasteiger partial charge in [-0.15, -0.1) is 0 Å². The summed E-state index contributed by atoms with van der Waals surface area (Å²) in [7, 11) is -1.42. The van der Waals surface area contributed by atoms with Crippen molar-refractivity contribution in [2.75, 3.05) is 0 Å². The highest BCUT2D eigenvalue weighted by Crippen LogP contribution is 2.17. The molecule has 18 heavy (non-hydrogen) atoms. The maximum Gasteiger partial charge on any atom is 0.184 e. The molecular formula is C15H30O2Si. The van der Waals surface area contributed by atoms with E-state index in [4.69, 9.17) is 4.43 Å². The first-order chi connectivity index (χ1) is 8.39. The zero-order valence-corrected chi connectivity index (χ0v) is 13.7. The largest absolute Gasteiger partial charge is 0.412 e. The average Bonchev–Trinajstić information content (AvgIpc) is 2.24. The van der Waals surface area contributed by atoms with Crippen LogP contribution < -0.4 is 0 Å². The van der Waals surface area contributed by atoms with Crippen LogP contribution in [0.5, 0.6) is 0 Å². The Bertz CT molecular complexity index is 243. The Labute approximate surface area is 114 Å². The van der Waals surface area contributed by atoms with Crippen LogP contribution >= 0.6 is 0 Å². The van der Waals surface area contributed by atoms with Gasteiger partial charge >= 0.3 is 0 Å². The van der Waals surface area contributed by atoms with E-state index >= 15 is 0 Å². The van der Waals surface area contributed by atoms with Crippen molar-refractivity contribution < 1.29 is 9.22 Å². The summed E-state index contributed by atoms with van der Waals surface area (Å²) in [5.74, 6) is 0.709. The van der Waals surface area contributed by atoms with Crippen LogP contribution in [0, 0.1) is 5.92 Å². The number of hydrogen-bond donors (Lipinski definition) is 0. The molecule has 2 atom stereocenters. The molecule has 0 aromatic rings. The molecule has 2 nitrogen and oxygen atoms in total. The van der Waals surface area contributed by atoms with E-state index in [0.29, 0.717) is 12.3 Å². The molecule has 3 heteroatoms. The van der Waals surface area contributed by atoms with Gasteiger partial charge in [0.1, 0.15) is 6.29 Å². The van der Waals surface area contributed by atoms with Gasteiger partial charge in [-0.25, -0.2) is 0 Å². The molecule has 0 aliphatic carbocycles. The van der Waals surface area contributed by atoms with E-state index in [-0.39, 0.29) is 6.10 Å². The zero-order chi connectivity index (χ0) is 14.0. The minimum Gasteiger partial charge on any atom is -0.412 e. The molecule has 0 saturated carbocycles. The number of aldehydes is 1. The van der Waals surface area contributed by atoms with Gasteiger partial charge in [-0.3, -0.25) is 0 Å². The Morgan fingerprint density at radius 1 is 1.28 bits per heavy atom. The van der Waals surface area contributed by atoms with E-state index in [9.17, 15) is 4.79 Å². The molecule has 0 radical (unpaired) electrons. The number of rotatable bonds is 10. The Kier molecular flexibility index (Phi) is 9.29. The standard InChI is InChI=1S/C15H30O2Si/c1-6-15(11-7-8-13-16)12-9-10-14(2)17-18(3,4)5/h9-10,13-15H,6-8,11-12H2,1-5H3. The van der Waals surface area contributed by atoms with Crippen LogP contribution in [0.1, 0.15) is 46.0 Å². The maximum absolute atomic E-state index is 10.3. The van der Waals surface area contributed by atoms with Crippen LogP contribution in [0.15, 0.2) is 12.2 Å². The summed E-state index contributed by atoms with van der Waals surface area (Å²) >= 11 is 0. The first-order valence-corrected chi connectivity index (χ1v) is 10.6. The van der Waals surface area contributed by atoms with Gasteiger partial charge in [-0.05, 0) is 51.7 Å². The summed E-state index contributed by atoms with van der Waals surface area (Å²) in [6.07, 6.45) is 10.9. The highest BCUT2D eigenvalue weighted by Gasteiger charge is 2.16. The Balaban J connectivity index is 3.92. The Morgan fingerprint density at radius 2 is 1.94 bits per heavy atom. The van der Waals surface area contributed by atoms with Crippen LogP contribution in [0.2, 0.25) is 19.6 Å². The maximum atomic E-state index is 10.3. The fourth-order valence-electron chi connectivity index (χ4n) is 2.04. The minimum atomic E-state index is -1.42.